The molecule has 1 heterocycles. The molecule has 0 saturated carbocycles. The fraction of sp³-hybridized carbons (Fsp3) is 0.692. The normalized spacial score (nSPS) is 11.6. The highest BCUT2D eigenvalue weighted by atomic mass is 16.3. The Morgan fingerprint density at radius 3 is 2.35 bits per heavy atom. The van der Waals surface area contributed by atoms with Crippen molar-refractivity contribution in [2.75, 3.05) is 25.1 Å². The van der Waals surface area contributed by atoms with E-state index < -0.39 is 0 Å². The molecule has 0 bridgehead atoms. The highest BCUT2D eigenvalue weighted by Crippen LogP contribution is 2.17. The lowest BCUT2D eigenvalue weighted by molar-refractivity contribution is 0.165. The van der Waals surface area contributed by atoms with Crippen LogP contribution in [-0.2, 0) is 6.42 Å². The summed E-state index contributed by atoms with van der Waals surface area (Å²) >= 11 is 0. The molecule has 1 aromatic heterocycles. The summed E-state index contributed by atoms with van der Waals surface area (Å²) in [4.78, 5) is 10.7. The zero-order valence-corrected chi connectivity index (χ0v) is 11.3. The van der Waals surface area contributed by atoms with Crippen molar-refractivity contribution in [1.29, 1.82) is 0 Å². The van der Waals surface area contributed by atoms with Gasteiger partial charge in [-0.05, 0) is 12.0 Å². The Hall–Kier alpha value is -1.16. The van der Waals surface area contributed by atoms with E-state index in [2.05, 4.69) is 16.9 Å². The van der Waals surface area contributed by atoms with Crippen LogP contribution in [0.15, 0.2) is 12.4 Å². The van der Waals surface area contributed by atoms with Crippen molar-refractivity contribution in [1.82, 2.24) is 9.97 Å². The Balaban J connectivity index is 2.66. The van der Waals surface area contributed by atoms with Gasteiger partial charge in [-0.2, -0.15) is 0 Å². The van der Waals surface area contributed by atoms with E-state index in [0.717, 1.165) is 19.4 Å². The number of hydrogen-bond donors (Lipinski definition) is 1. The summed E-state index contributed by atoms with van der Waals surface area (Å²) in [5.41, 5.74) is 1.03. The van der Waals surface area contributed by atoms with Crippen LogP contribution in [0, 0.1) is 5.41 Å². The van der Waals surface area contributed by atoms with Crippen molar-refractivity contribution in [2.45, 2.75) is 33.6 Å². The fourth-order valence-corrected chi connectivity index (χ4v) is 1.73. The maximum absolute atomic E-state index is 9.24. The zero-order valence-electron chi connectivity index (χ0n) is 11.3. The van der Waals surface area contributed by atoms with Gasteiger partial charge in [-0.15, -0.1) is 0 Å². The fourth-order valence-electron chi connectivity index (χ4n) is 1.73. The molecule has 1 aromatic rings. The number of rotatable bonds is 6. The molecule has 0 spiro atoms. The molecule has 96 valence electrons. The topological polar surface area (TPSA) is 49.2 Å². The molecule has 4 nitrogen and oxygen atoms in total. The third-order valence-electron chi connectivity index (χ3n) is 2.67. The Labute approximate surface area is 104 Å². The molecule has 0 aliphatic carbocycles. The number of aliphatic hydroxyl groups is 1. The Morgan fingerprint density at radius 2 is 1.88 bits per heavy atom. The van der Waals surface area contributed by atoms with Crippen LogP contribution >= 0.6 is 0 Å². The van der Waals surface area contributed by atoms with Gasteiger partial charge in [0.2, 0.25) is 5.95 Å². The highest BCUT2D eigenvalue weighted by Gasteiger charge is 2.20. The van der Waals surface area contributed by atoms with Gasteiger partial charge in [0.05, 0.1) is 0 Å². The SMILES string of the molecule is CCCc1cnc(N(C)CC(C)(C)CO)nc1. The van der Waals surface area contributed by atoms with Gasteiger partial charge < -0.3 is 10.0 Å². The van der Waals surface area contributed by atoms with Crippen molar-refractivity contribution in [2.24, 2.45) is 5.41 Å². The Kier molecular flexibility index (Phi) is 4.87. The predicted molar refractivity (Wildman–Crippen MR) is 70.2 cm³/mol. The maximum atomic E-state index is 9.24. The summed E-state index contributed by atoms with van der Waals surface area (Å²) in [6.07, 6.45) is 5.89. The lowest BCUT2D eigenvalue weighted by Crippen LogP contribution is -2.34. The molecule has 0 radical (unpaired) electrons. The number of aryl methyl sites for hydroxylation is 1. The summed E-state index contributed by atoms with van der Waals surface area (Å²) in [5, 5.41) is 9.24. The number of anilines is 1. The second-order valence-electron chi connectivity index (χ2n) is 5.32. The third-order valence-corrected chi connectivity index (χ3v) is 2.67. The summed E-state index contributed by atoms with van der Waals surface area (Å²) in [6, 6.07) is 0. The van der Waals surface area contributed by atoms with Gasteiger partial charge in [0.25, 0.3) is 0 Å². The second-order valence-corrected chi connectivity index (χ2v) is 5.32. The van der Waals surface area contributed by atoms with Crippen LogP contribution in [0.1, 0.15) is 32.8 Å². The molecular formula is C13H23N3O. The van der Waals surface area contributed by atoms with Crippen molar-refractivity contribution >= 4 is 5.95 Å². The third kappa shape index (κ3) is 4.30. The number of nitrogens with zero attached hydrogens (tertiary/aromatic N) is 3. The van der Waals surface area contributed by atoms with E-state index in [1.807, 2.05) is 38.2 Å². The van der Waals surface area contributed by atoms with Gasteiger partial charge in [-0.25, -0.2) is 9.97 Å². The van der Waals surface area contributed by atoms with Gasteiger partial charge in [0, 0.05) is 38.0 Å². The smallest absolute Gasteiger partial charge is 0.225 e. The van der Waals surface area contributed by atoms with Gasteiger partial charge in [-0.1, -0.05) is 27.2 Å². The molecule has 0 amide bonds. The molecule has 0 saturated heterocycles. The average Bonchev–Trinajstić information content (AvgIpc) is 2.30. The van der Waals surface area contributed by atoms with E-state index in [1.54, 1.807) is 0 Å². The average molecular weight is 237 g/mol. The second kappa shape index (κ2) is 5.96. The highest BCUT2D eigenvalue weighted by molar-refractivity contribution is 5.28. The van der Waals surface area contributed by atoms with Gasteiger partial charge >= 0.3 is 0 Å². The van der Waals surface area contributed by atoms with Gasteiger partial charge in [0.1, 0.15) is 0 Å². The minimum absolute atomic E-state index is 0.139. The lowest BCUT2D eigenvalue weighted by Gasteiger charge is -2.28. The van der Waals surface area contributed by atoms with E-state index in [1.165, 1.54) is 5.56 Å². The van der Waals surface area contributed by atoms with Crippen LogP contribution in [0.25, 0.3) is 0 Å². The molecule has 0 aromatic carbocycles. The van der Waals surface area contributed by atoms with Crippen molar-refractivity contribution in [3.05, 3.63) is 18.0 Å². The summed E-state index contributed by atoms with van der Waals surface area (Å²) in [7, 11) is 1.95. The van der Waals surface area contributed by atoms with Crippen LogP contribution in [0.5, 0.6) is 0 Å². The molecule has 0 aliphatic rings. The van der Waals surface area contributed by atoms with Crippen molar-refractivity contribution < 1.29 is 5.11 Å². The van der Waals surface area contributed by atoms with E-state index in [0.29, 0.717) is 5.95 Å². The quantitative estimate of drug-likeness (QED) is 0.820. The van der Waals surface area contributed by atoms with Crippen LogP contribution in [-0.4, -0.2) is 35.3 Å². The first-order chi connectivity index (χ1) is 7.98. The first-order valence-corrected chi connectivity index (χ1v) is 6.11. The zero-order chi connectivity index (χ0) is 12.9. The number of hydrogen-bond acceptors (Lipinski definition) is 4. The standard InChI is InChI=1S/C13H23N3O/c1-5-6-11-7-14-12(15-8-11)16(4)9-13(2,3)10-17/h7-8,17H,5-6,9-10H2,1-4H3. The largest absolute Gasteiger partial charge is 0.396 e. The monoisotopic (exact) mass is 237 g/mol. The molecule has 1 N–H and O–H groups in total. The van der Waals surface area contributed by atoms with E-state index in [-0.39, 0.29) is 12.0 Å². The predicted octanol–water partition coefficient (Wildman–Crippen LogP) is 1.88. The molecule has 4 heteroatoms. The van der Waals surface area contributed by atoms with Crippen molar-refractivity contribution in [3.63, 3.8) is 0 Å². The summed E-state index contributed by atoms with van der Waals surface area (Å²) in [5.74, 6) is 0.714. The molecule has 0 atom stereocenters. The summed E-state index contributed by atoms with van der Waals surface area (Å²) in [6.45, 7) is 7.08. The van der Waals surface area contributed by atoms with E-state index in [4.69, 9.17) is 0 Å². The first kappa shape index (κ1) is 13.9. The first-order valence-electron chi connectivity index (χ1n) is 6.11. The molecule has 0 fully saturated rings. The number of aromatic nitrogens is 2. The van der Waals surface area contributed by atoms with E-state index in [9.17, 15) is 5.11 Å². The minimum Gasteiger partial charge on any atom is -0.396 e. The minimum atomic E-state index is -0.139. The molecule has 1 rings (SSSR count). The number of aliphatic hydroxyl groups excluding tert-OH is 1. The van der Waals surface area contributed by atoms with Gasteiger partial charge in [-0.3, -0.25) is 0 Å². The van der Waals surface area contributed by atoms with Crippen molar-refractivity contribution in [3.8, 4) is 0 Å². The molecule has 0 aliphatic heterocycles. The van der Waals surface area contributed by atoms with Crippen LogP contribution < -0.4 is 4.90 Å². The molecule has 0 unspecified atom stereocenters. The van der Waals surface area contributed by atoms with Crippen LogP contribution in [0.3, 0.4) is 0 Å². The Morgan fingerprint density at radius 1 is 1.29 bits per heavy atom. The van der Waals surface area contributed by atoms with Gasteiger partial charge in [0.15, 0.2) is 0 Å². The van der Waals surface area contributed by atoms with E-state index >= 15 is 0 Å². The molecular weight excluding hydrogens is 214 g/mol. The van der Waals surface area contributed by atoms with Crippen LogP contribution in [0.2, 0.25) is 0 Å². The summed E-state index contributed by atoms with van der Waals surface area (Å²) < 4.78 is 0. The molecule has 17 heavy (non-hydrogen) atoms. The van der Waals surface area contributed by atoms with Crippen LogP contribution in [0.4, 0.5) is 5.95 Å². The Bertz CT molecular complexity index is 335. The maximum Gasteiger partial charge on any atom is 0.225 e. The lowest BCUT2D eigenvalue weighted by atomic mass is 9.94.